The molecule has 0 unspecified atom stereocenters. The molecule has 1 heterocycles. The molecule has 5 nitrogen and oxygen atoms in total. The van der Waals surface area contributed by atoms with E-state index in [0.717, 1.165) is 24.5 Å². The van der Waals surface area contributed by atoms with Gasteiger partial charge in [0.1, 0.15) is 0 Å². The van der Waals surface area contributed by atoms with Gasteiger partial charge < -0.3 is 15.4 Å². The standard InChI is InChI=1S/C15H24N4O.HI/c1-3-9-20-14-8-5-12(10-17-14)11-18-15(16-4-2)19-13-6-7-13;/h5,8,10,13H,3-4,6-7,9,11H2,1-2H3,(H2,16,18,19);1H. The Morgan fingerprint density at radius 2 is 2.19 bits per heavy atom. The maximum atomic E-state index is 5.46. The number of aliphatic imine (C=N–C) groups is 1. The van der Waals surface area contributed by atoms with E-state index in [-0.39, 0.29) is 24.0 Å². The Kier molecular flexibility index (Phi) is 8.41. The first-order valence-electron chi connectivity index (χ1n) is 7.44. The SMILES string of the molecule is CCCOc1ccc(CN=C(NCC)NC2CC2)cn1.I. The summed E-state index contributed by atoms with van der Waals surface area (Å²) in [6.45, 7) is 6.37. The van der Waals surface area contributed by atoms with Gasteiger partial charge in [-0.05, 0) is 31.7 Å². The van der Waals surface area contributed by atoms with Gasteiger partial charge in [-0.3, -0.25) is 0 Å². The van der Waals surface area contributed by atoms with Gasteiger partial charge in [0, 0.05) is 24.8 Å². The fraction of sp³-hybridized carbons (Fsp3) is 0.600. The second-order valence-corrected chi connectivity index (χ2v) is 4.97. The molecule has 118 valence electrons. The molecule has 2 rings (SSSR count). The summed E-state index contributed by atoms with van der Waals surface area (Å²) in [6.07, 6.45) is 5.31. The van der Waals surface area contributed by atoms with Crippen molar-refractivity contribution in [2.45, 2.75) is 45.7 Å². The summed E-state index contributed by atoms with van der Waals surface area (Å²) in [5.74, 6) is 1.57. The zero-order valence-corrected chi connectivity index (χ0v) is 15.1. The second kappa shape index (κ2) is 9.81. The van der Waals surface area contributed by atoms with Crippen molar-refractivity contribution in [1.29, 1.82) is 0 Å². The Bertz CT molecular complexity index is 432. The smallest absolute Gasteiger partial charge is 0.213 e. The zero-order chi connectivity index (χ0) is 14.2. The Morgan fingerprint density at radius 3 is 2.76 bits per heavy atom. The van der Waals surface area contributed by atoms with Gasteiger partial charge in [0.25, 0.3) is 0 Å². The lowest BCUT2D eigenvalue weighted by Gasteiger charge is -2.10. The molecule has 1 aliphatic rings. The van der Waals surface area contributed by atoms with Gasteiger partial charge in [-0.15, -0.1) is 24.0 Å². The van der Waals surface area contributed by atoms with Crippen molar-refractivity contribution >= 4 is 29.9 Å². The molecular weight excluding hydrogens is 379 g/mol. The lowest BCUT2D eigenvalue weighted by atomic mass is 10.3. The van der Waals surface area contributed by atoms with Crippen LogP contribution in [0.3, 0.4) is 0 Å². The van der Waals surface area contributed by atoms with Crippen LogP contribution in [0.2, 0.25) is 0 Å². The molecule has 6 heteroatoms. The highest BCUT2D eigenvalue weighted by Gasteiger charge is 2.21. The van der Waals surface area contributed by atoms with Crippen LogP contribution in [0.4, 0.5) is 0 Å². The Labute approximate surface area is 144 Å². The van der Waals surface area contributed by atoms with E-state index in [9.17, 15) is 0 Å². The number of nitrogens with one attached hydrogen (secondary N) is 2. The maximum Gasteiger partial charge on any atom is 0.213 e. The summed E-state index contributed by atoms with van der Waals surface area (Å²) >= 11 is 0. The third kappa shape index (κ3) is 6.97. The Hall–Kier alpha value is -1.05. The van der Waals surface area contributed by atoms with Crippen molar-refractivity contribution < 1.29 is 4.74 Å². The normalized spacial score (nSPS) is 14.3. The van der Waals surface area contributed by atoms with E-state index >= 15 is 0 Å². The van der Waals surface area contributed by atoms with E-state index in [4.69, 9.17) is 4.74 Å². The molecule has 0 saturated heterocycles. The molecule has 0 bridgehead atoms. The number of nitrogens with zero attached hydrogens (tertiary/aromatic N) is 2. The quantitative estimate of drug-likeness (QED) is 0.417. The molecule has 0 amide bonds. The molecule has 1 aromatic rings. The molecule has 0 spiro atoms. The number of guanidine groups is 1. The molecule has 0 aliphatic heterocycles. The van der Waals surface area contributed by atoms with Gasteiger partial charge in [-0.25, -0.2) is 9.98 Å². The van der Waals surface area contributed by atoms with Gasteiger partial charge in [-0.1, -0.05) is 13.0 Å². The van der Waals surface area contributed by atoms with E-state index in [2.05, 4.69) is 34.5 Å². The van der Waals surface area contributed by atoms with Crippen molar-refractivity contribution in [2.75, 3.05) is 13.2 Å². The van der Waals surface area contributed by atoms with Gasteiger partial charge >= 0.3 is 0 Å². The van der Waals surface area contributed by atoms with E-state index in [1.54, 1.807) is 0 Å². The summed E-state index contributed by atoms with van der Waals surface area (Å²) in [5.41, 5.74) is 1.09. The van der Waals surface area contributed by atoms with Crippen LogP contribution in [-0.2, 0) is 6.54 Å². The zero-order valence-electron chi connectivity index (χ0n) is 12.8. The van der Waals surface area contributed by atoms with Gasteiger partial charge in [0.2, 0.25) is 5.88 Å². The number of rotatable bonds is 7. The van der Waals surface area contributed by atoms with Crippen LogP contribution in [0.25, 0.3) is 0 Å². The molecule has 0 atom stereocenters. The highest BCUT2D eigenvalue weighted by Crippen LogP contribution is 2.18. The molecule has 1 saturated carbocycles. The first kappa shape index (κ1) is 18.0. The van der Waals surface area contributed by atoms with E-state index in [1.807, 2.05) is 18.3 Å². The Balaban J connectivity index is 0.00000220. The monoisotopic (exact) mass is 404 g/mol. The van der Waals surface area contributed by atoms with Crippen molar-refractivity contribution in [1.82, 2.24) is 15.6 Å². The summed E-state index contributed by atoms with van der Waals surface area (Å²) < 4.78 is 5.46. The highest BCUT2D eigenvalue weighted by atomic mass is 127. The summed E-state index contributed by atoms with van der Waals surface area (Å²) in [4.78, 5) is 8.85. The van der Waals surface area contributed by atoms with Crippen molar-refractivity contribution in [2.24, 2.45) is 4.99 Å². The first-order chi connectivity index (χ1) is 9.81. The number of halogens is 1. The van der Waals surface area contributed by atoms with Crippen molar-refractivity contribution in [3.8, 4) is 5.88 Å². The molecule has 2 N–H and O–H groups in total. The fourth-order valence-electron chi connectivity index (χ4n) is 1.71. The lowest BCUT2D eigenvalue weighted by Crippen LogP contribution is -2.38. The average molecular weight is 404 g/mol. The van der Waals surface area contributed by atoms with Crippen LogP contribution in [0.5, 0.6) is 5.88 Å². The van der Waals surface area contributed by atoms with Crippen LogP contribution in [0.1, 0.15) is 38.7 Å². The number of pyridine rings is 1. The molecule has 1 aromatic heterocycles. The number of aromatic nitrogens is 1. The number of ether oxygens (including phenoxy) is 1. The van der Waals surface area contributed by atoms with Crippen LogP contribution < -0.4 is 15.4 Å². The van der Waals surface area contributed by atoms with Crippen molar-refractivity contribution in [3.05, 3.63) is 23.9 Å². The molecule has 1 aliphatic carbocycles. The topological polar surface area (TPSA) is 58.5 Å². The number of hydrogen-bond donors (Lipinski definition) is 2. The van der Waals surface area contributed by atoms with Crippen molar-refractivity contribution in [3.63, 3.8) is 0 Å². The average Bonchev–Trinajstić information content (AvgIpc) is 3.28. The third-order valence-corrected chi connectivity index (χ3v) is 2.93. The lowest BCUT2D eigenvalue weighted by molar-refractivity contribution is 0.305. The predicted octanol–water partition coefficient (Wildman–Crippen LogP) is 2.71. The summed E-state index contributed by atoms with van der Waals surface area (Å²) in [7, 11) is 0. The molecule has 21 heavy (non-hydrogen) atoms. The van der Waals surface area contributed by atoms with Crippen LogP contribution in [-0.4, -0.2) is 30.1 Å². The minimum atomic E-state index is 0. The minimum Gasteiger partial charge on any atom is -0.478 e. The molecule has 1 fully saturated rings. The highest BCUT2D eigenvalue weighted by molar-refractivity contribution is 14.0. The van der Waals surface area contributed by atoms with Gasteiger partial charge in [0.15, 0.2) is 5.96 Å². The largest absolute Gasteiger partial charge is 0.478 e. The molecular formula is C15H25IN4O. The fourth-order valence-corrected chi connectivity index (χ4v) is 1.71. The predicted molar refractivity (Wildman–Crippen MR) is 96.4 cm³/mol. The summed E-state index contributed by atoms with van der Waals surface area (Å²) in [6, 6.07) is 4.53. The van der Waals surface area contributed by atoms with Crippen LogP contribution in [0.15, 0.2) is 23.3 Å². The summed E-state index contributed by atoms with van der Waals surface area (Å²) in [5, 5.41) is 6.65. The van der Waals surface area contributed by atoms with Crippen LogP contribution in [0, 0.1) is 0 Å². The molecule has 0 aromatic carbocycles. The van der Waals surface area contributed by atoms with E-state index in [0.29, 0.717) is 25.1 Å². The van der Waals surface area contributed by atoms with E-state index in [1.165, 1.54) is 12.8 Å². The first-order valence-corrected chi connectivity index (χ1v) is 7.44. The van der Waals surface area contributed by atoms with Gasteiger partial charge in [-0.2, -0.15) is 0 Å². The maximum absolute atomic E-state index is 5.46. The minimum absolute atomic E-state index is 0. The second-order valence-electron chi connectivity index (χ2n) is 4.97. The molecule has 0 radical (unpaired) electrons. The van der Waals surface area contributed by atoms with E-state index < -0.39 is 0 Å². The number of hydrogen-bond acceptors (Lipinski definition) is 3. The van der Waals surface area contributed by atoms with Gasteiger partial charge in [0.05, 0.1) is 13.2 Å². The van der Waals surface area contributed by atoms with Crippen LogP contribution >= 0.6 is 24.0 Å². The third-order valence-electron chi connectivity index (χ3n) is 2.93. The Morgan fingerprint density at radius 1 is 1.38 bits per heavy atom.